The molecule has 0 spiro atoms. The third-order valence-corrected chi connectivity index (χ3v) is 6.52. The lowest BCUT2D eigenvalue weighted by Gasteiger charge is -2.20. The molecule has 4 atom stereocenters. The highest BCUT2D eigenvalue weighted by atomic mass is 35.5. The Bertz CT molecular complexity index is 650. The highest BCUT2D eigenvalue weighted by Crippen LogP contribution is 2.22. The minimum atomic E-state index is -0.528. The summed E-state index contributed by atoms with van der Waals surface area (Å²) in [6.45, 7) is 8.72. The number of alkyl halides is 2. The standard InChI is InChI=1S/C24H36Cl2O4/c1-5-11-22(26)18(7-3)16-30-24(28)21-13-10-9-12-20(21)23(27)29-15-17(6-2)14-19(25)8-4/h9-10,12-13,17-19,22H,5-8,11,14-16H2,1-4H3. The van der Waals surface area contributed by atoms with Crippen molar-refractivity contribution in [3.63, 3.8) is 0 Å². The fourth-order valence-corrected chi connectivity index (χ4v) is 3.96. The summed E-state index contributed by atoms with van der Waals surface area (Å²) in [5.74, 6) is -0.765. The smallest absolute Gasteiger partial charge is 0.339 e. The van der Waals surface area contributed by atoms with Crippen molar-refractivity contribution in [3.8, 4) is 0 Å². The summed E-state index contributed by atoms with van der Waals surface area (Å²) in [5, 5.41) is 0.0359. The van der Waals surface area contributed by atoms with Gasteiger partial charge < -0.3 is 9.47 Å². The van der Waals surface area contributed by atoms with Gasteiger partial charge in [0.05, 0.1) is 24.3 Å². The van der Waals surface area contributed by atoms with Gasteiger partial charge in [-0.3, -0.25) is 0 Å². The molecule has 1 rings (SSSR count). The van der Waals surface area contributed by atoms with Gasteiger partial charge in [0.1, 0.15) is 0 Å². The molecule has 0 N–H and O–H groups in total. The van der Waals surface area contributed by atoms with Crippen LogP contribution in [0.2, 0.25) is 0 Å². The molecule has 0 bridgehead atoms. The van der Waals surface area contributed by atoms with Crippen LogP contribution in [0, 0.1) is 11.8 Å². The first-order chi connectivity index (χ1) is 14.4. The molecule has 4 unspecified atom stereocenters. The normalized spacial score (nSPS) is 15.1. The number of benzene rings is 1. The van der Waals surface area contributed by atoms with Gasteiger partial charge in [-0.15, -0.1) is 23.2 Å². The average Bonchev–Trinajstić information content (AvgIpc) is 2.76. The molecule has 0 radical (unpaired) electrons. The van der Waals surface area contributed by atoms with E-state index in [1.54, 1.807) is 24.3 Å². The number of rotatable bonds is 14. The largest absolute Gasteiger partial charge is 0.462 e. The first kappa shape index (κ1) is 26.8. The molecular weight excluding hydrogens is 423 g/mol. The lowest BCUT2D eigenvalue weighted by Crippen LogP contribution is -2.23. The topological polar surface area (TPSA) is 52.6 Å². The maximum atomic E-state index is 12.7. The molecule has 0 saturated heterocycles. The van der Waals surface area contributed by atoms with Crippen LogP contribution in [-0.2, 0) is 9.47 Å². The van der Waals surface area contributed by atoms with Crippen molar-refractivity contribution in [3.05, 3.63) is 35.4 Å². The van der Waals surface area contributed by atoms with Crippen molar-refractivity contribution >= 4 is 35.1 Å². The number of hydrogen-bond donors (Lipinski definition) is 0. The zero-order valence-electron chi connectivity index (χ0n) is 18.7. The Kier molecular flexibility index (Phi) is 13.1. The van der Waals surface area contributed by atoms with E-state index in [9.17, 15) is 9.59 Å². The van der Waals surface area contributed by atoms with Gasteiger partial charge in [-0.1, -0.05) is 52.7 Å². The molecule has 1 aromatic rings. The molecule has 170 valence electrons. The second kappa shape index (κ2) is 14.7. The third kappa shape index (κ3) is 8.85. The summed E-state index contributed by atoms with van der Waals surface area (Å²) in [7, 11) is 0. The monoisotopic (exact) mass is 458 g/mol. The molecule has 0 heterocycles. The fraction of sp³-hybridized carbons (Fsp3) is 0.667. The van der Waals surface area contributed by atoms with Gasteiger partial charge in [0, 0.05) is 16.7 Å². The van der Waals surface area contributed by atoms with Crippen molar-refractivity contribution in [2.45, 2.75) is 77.0 Å². The maximum absolute atomic E-state index is 12.7. The summed E-state index contributed by atoms with van der Waals surface area (Å²) in [6.07, 6.45) is 5.22. The van der Waals surface area contributed by atoms with E-state index in [1.165, 1.54) is 0 Å². The molecule has 0 saturated carbocycles. The van der Waals surface area contributed by atoms with Crippen LogP contribution >= 0.6 is 23.2 Å². The lowest BCUT2D eigenvalue weighted by atomic mass is 9.99. The van der Waals surface area contributed by atoms with E-state index in [2.05, 4.69) is 13.8 Å². The van der Waals surface area contributed by atoms with Crippen LogP contribution in [0.3, 0.4) is 0 Å². The first-order valence-electron chi connectivity index (χ1n) is 11.1. The Hall–Kier alpha value is -1.26. The molecule has 4 nitrogen and oxygen atoms in total. The highest BCUT2D eigenvalue weighted by molar-refractivity contribution is 6.21. The van der Waals surface area contributed by atoms with Gasteiger partial charge in [0.25, 0.3) is 0 Å². The quantitative estimate of drug-likeness (QED) is 0.225. The van der Waals surface area contributed by atoms with Gasteiger partial charge in [0.15, 0.2) is 0 Å². The van der Waals surface area contributed by atoms with Crippen molar-refractivity contribution in [1.29, 1.82) is 0 Å². The third-order valence-electron chi connectivity index (χ3n) is 5.46. The Morgan fingerprint density at radius 2 is 1.43 bits per heavy atom. The molecule has 0 aromatic heterocycles. The van der Waals surface area contributed by atoms with E-state index in [0.717, 1.165) is 38.5 Å². The molecule has 0 fully saturated rings. The fourth-order valence-electron chi connectivity index (χ4n) is 3.24. The van der Waals surface area contributed by atoms with E-state index >= 15 is 0 Å². The molecule has 0 aliphatic rings. The molecule has 1 aromatic carbocycles. The average molecular weight is 459 g/mol. The van der Waals surface area contributed by atoms with Crippen LogP contribution in [-0.4, -0.2) is 35.9 Å². The Morgan fingerprint density at radius 1 is 0.867 bits per heavy atom. The Morgan fingerprint density at radius 3 is 1.90 bits per heavy atom. The van der Waals surface area contributed by atoms with Crippen LogP contribution in [0.15, 0.2) is 24.3 Å². The van der Waals surface area contributed by atoms with Crippen molar-refractivity contribution < 1.29 is 19.1 Å². The van der Waals surface area contributed by atoms with Crippen LogP contribution in [0.1, 0.15) is 86.9 Å². The maximum Gasteiger partial charge on any atom is 0.339 e. The lowest BCUT2D eigenvalue weighted by molar-refractivity contribution is 0.0383. The second-order valence-electron chi connectivity index (χ2n) is 7.73. The van der Waals surface area contributed by atoms with E-state index in [0.29, 0.717) is 0 Å². The van der Waals surface area contributed by atoms with E-state index in [-0.39, 0.29) is 46.9 Å². The number of carbonyl (C=O) groups is 2. The summed E-state index contributed by atoms with van der Waals surface area (Å²) in [5.41, 5.74) is 0.440. The SMILES string of the molecule is CCCC(Cl)C(CC)COC(=O)c1ccccc1C(=O)OCC(CC)CC(Cl)CC. The summed E-state index contributed by atoms with van der Waals surface area (Å²) in [4.78, 5) is 25.3. The van der Waals surface area contributed by atoms with Crippen molar-refractivity contribution in [2.75, 3.05) is 13.2 Å². The van der Waals surface area contributed by atoms with Gasteiger partial charge >= 0.3 is 11.9 Å². The van der Waals surface area contributed by atoms with Crippen molar-refractivity contribution in [1.82, 2.24) is 0 Å². The zero-order chi connectivity index (χ0) is 22.5. The molecule has 6 heteroatoms. The number of esters is 2. The predicted octanol–water partition coefficient (Wildman–Crippen LogP) is 6.87. The van der Waals surface area contributed by atoms with E-state index in [1.807, 2.05) is 13.8 Å². The number of hydrogen-bond acceptors (Lipinski definition) is 4. The van der Waals surface area contributed by atoms with Crippen LogP contribution in [0.5, 0.6) is 0 Å². The van der Waals surface area contributed by atoms with Crippen LogP contribution in [0.25, 0.3) is 0 Å². The Labute approximate surface area is 191 Å². The minimum absolute atomic E-state index is 0.0344. The molecule has 0 aliphatic heterocycles. The summed E-state index contributed by atoms with van der Waals surface area (Å²) in [6, 6.07) is 6.60. The van der Waals surface area contributed by atoms with Gasteiger partial charge in [-0.25, -0.2) is 9.59 Å². The second-order valence-corrected chi connectivity index (χ2v) is 8.91. The summed E-state index contributed by atoms with van der Waals surface area (Å²) >= 11 is 12.7. The Balaban J connectivity index is 2.76. The molecular formula is C24H36Cl2O4. The van der Waals surface area contributed by atoms with Gasteiger partial charge in [-0.05, 0) is 43.7 Å². The van der Waals surface area contributed by atoms with E-state index in [4.69, 9.17) is 32.7 Å². The number of carbonyl (C=O) groups excluding carboxylic acids is 2. The van der Waals surface area contributed by atoms with E-state index < -0.39 is 11.9 Å². The van der Waals surface area contributed by atoms with Crippen LogP contribution < -0.4 is 0 Å². The summed E-state index contributed by atoms with van der Waals surface area (Å²) < 4.78 is 11.0. The van der Waals surface area contributed by atoms with Crippen molar-refractivity contribution in [2.24, 2.45) is 11.8 Å². The minimum Gasteiger partial charge on any atom is -0.462 e. The molecule has 0 aliphatic carbocycles. The first-order valence-corrected chi connectivity index (χ1v) is 12.0. The van der Waals surface area contributed by atoms with Gasteiger partial charge in [0.2, 0.25) is 0 Å². The highest BCUT2D eigenvalue weighted by Gasteiger charge is 2.23. The van der Waals surface area contributed by atoms with Gasteiger partial charge in [-0.2, -0.15) is 0 Å². The molecule has 0 amide bonds. The molecule has 30 heavy (non-hydrogen) atoms. The predicted molar refractivity (Wildman–Crippen MR) is 124 cm³/mol. The zero-order valence-corrected chi connectivity index (χ0v) is 20.2. The number of ether oxygens (including phenoxy) is 2. The van der Waals surface area contributed by atoms with Crippen LogP contribution in [0.4, 0.5) is 0 Å². The number of halogens is 2.